The number of pyridine rings is 1. The predicted molar refractivity (Wildman–Crippen MR) is 112 cm³/mol. The quantitative estimate of drug-likeness (QED) is 0.683. The molecule has 0 saturated heterocycles. The molecule has 0 radical (unpaired) electrons. The highest BCUT2D eigenvalue weighted by Gasteiger charge is 2.30. The number of hydrogen-bond donors (Lipinski definition) is 1. The van der Waals surface area contributed by atoms with Crippen LogP contribution in [0.5, 0.6) is 0 Å². The van der Waals surface area contributed by atoms with Crippen LogP contribution in [0.25, 0.3) is 21.6 Å². The molecule has 2 unspecified atom stereocenters. The monoisotopic (exact) mass is 418 g/mol. The number of anilines is 1. The lowest BCUT2D eigenvalue weighted by Crippen LogP contribution is -2.16. The average molecular weight is 419 g/mol. The predicted octanol–water partition coefficient (Wildman–Crippen LogP) is 2.44. The molecule has 0 bridgehead atoms. The highest BCUT2D eigenvalue weighted by Crippen LogP contribution is 2.47. The second kappa shape index (κ2) is 7.38. The fraction of sp³-hybridized carbons (Fsp3) is 0.421. The van der Waals surface area contributed by atoms with Crippen LogP contribution in [-0.4, -0.2) is 38.2 Å². The minimum atomic E-state index is -1.23. The summed E-state index contributed by atoms with van der Waals surface area (Å²) >= 11 is 1.36. The van der Waals surface area contributed by atoms with E-state index < -0.39 is 10.8 Å². The zero-order chi connectivity index (χ0) is 20.0. The maximum absolute atomic E-state index is 12.7. The van der Waals surface area contributed by atoms with E-state index in [9.17, 15) is 9.00 Å². The number of nitrogens with two attached hydrogens (primary N) is 1. The third kappa shape index (κ3) is 3.07. The van der Waals surface area contributed by atoms with E-state index >= 15 is 0 Å². The normalized spacial score (nSPS) is 17.2. The number of aryl methyl sites for hydroxylation is 1. The van der Waals surface area contributed by atoms with E-state index in [4.69, 9.17) is 15.5 Å². The maximum Gasteiger partial charge on any atom is 0.253 e. The molecule has 0 saturated carbocycles. The van der Waals surface area contributed by atoms with Crippen LogP contribution in [0.3, 0.4) is 0 Å². The van der Waals surface area contributed by atoms with Gasteiger partial charge >= 0.3 is 0 Å². The van der Waals surface area contributed by atoms with Crippen LogP contribution in [-0.2, 0) is 29.0 Å². The van der Waals surface area contributed by atoms with Crippen LogP contribution in [0.15, 0.2) is 21.4 Å². The third-order valence-electron chi connectivity index (χ3n) is 5.21. The first kappa shape index (κ1) is 19.2. The lowest BCUT2D eigenvalue weighted by Gasteiger charge is -2.12. The van der Waals surface area contributed by atoms with E-state index in [1.54, 1.807) is 14.2 Å². The van der Waals surface area contributed by atoms with Gasteiger partial charge in [-0.15, -0.1) is 11.3 Å². The van der Waals surface area contributed by atoms with Gasteiger partial charge in [-0.25, -0.2) is 9.97 Å². The molecule has 3 aromatic rings. The molecule has 1 aliphatic rings. The first-order valence-corrected chi connectivity index (χ1v) is 11.2. The Morgan fingerprint density at radius 1 is 1.46 bits per heavy atom. The van der Waals surface area contributed by atoms with Gasteiger partial charge in [-0.3, -0.25) is 9.00 Å². The van der Waals surface area contributed by atoms with Crippen molar-refractivity contribution in [1.29, 1.82) is 0 Å². The molecule has 0 fully saturated rings. The second-order valence-corrected chi connectivity index (χ2v) is 9.81. The standard InChI is InChI=1S/C19H22N4O3S2/c1-10-4-5-11-14(10)15-16(20)19(28(25)7-6-26-3)27-18(15)22-17(11)12-8-13(24)23(2)9-21-12/h8-10H,4-7,20H2,1-3H3. The Morgan fingerprint density at radius 3 is 2.96 bits per heavy atom. The van der Waals surface area contributed by atoms with Gasteiger partial charge in [0.1, 0.15) is 9.04 Å². The van der Waals surface area contributed by atoms with Gasteiger partial charge in [0.25, 0.3) is 5.56 Å². The highest BCUT2D eigenvalue weighted by molar-refractivity contribution is 7.87. The van der Waals surface area contributed by atoms with Crippen LogP contribution in [0, 0.1) is 0 Å². The van der Waals surface area contributed by atoms with Gasteiger partial charge in [-0.05, 0) is 29.9 Å². The van der Waals surface area contributed by atoms with Crippen molar-refractivity contribution in [3.05, 3.63) is 33.9 Å². The zero-order valence-corrected chi connectivity index (χ0v) is 17.7. The van der Waals surface area contributed by atoms with Crippen molar-refractivity contribution in [2.45, 2.75) is 29.9 Å². The summed E-state index contributed by atoms with van der Waals surface area (Å²) in [6, 6.07) is 1.52. The van der Waals surface area contributed by atoms with Crippen LogP contribution >= 0.6 is 11.3 Å². The summed E-state index contributed by atoms with van der Waals surface area (Å²) in [5.74, 6) is 0.719. The summed E-state index contributed by atoms with van der Waals surface area (Å²) < 4.78 is 19.8. The Balaban J connectivity index is 1.95. The summed E-state index contributed by atoms with van der Waals surface area (Å²) in [5.41, 5.74) is 10.5. The molecule has 9 heteroatoms. The molecule has 2 atom stereocenters. The minimum absolute atomic E-state index is 0.126. The van der Waals surface area contributed by atoms with Crippen LogP contribution in [0.4, 0.5) is 5.69 Å². The minimum Gasteiger partial charge on any atom is -0.396 e. The number of hydrogen-bond acceptors (Lipinski definition) is 7. The fourth-order valence-corrected chi connectivity index (χ4v) is 6.28. The van der Waals surface area contributed by atoms with Gasteiger partial charge < -0.3 is 15.0 Å². The molecule has 3 aromatic heterocycles. The smallest absolute Gasteiger partial charge is 0.253 e. The van der Waals surface area contributed by atoms with Gasteiger partial charge in [0.05, 0.1) is 46.6 Å². The van der Waals surface area contributed by atoms with Gasteiger partial charge in [-0.1, -0.05) is 6.92 Å². The molecule has 0 aromatic carbocycles. The van der Waals surface area contributed by atoms with Crippen LogP contribution < -0.4 is 11.3 Å². The number of methoxy groups -OCH3 is 1. The van der Waals surface area contributed by atoms with Crippen molar-refractivity contribution in [3.63, 3.8) is 0 Å². The topological polar surface area (TPSA) is 100 Å². The van der Waals surface area contributed by atoms with E-state index in [2.05, 4.69) is 11.9 Å². The number of ether oxygens (including phenoxy) is 1. The van der Waals surface area contributed by atoms with Crippen LogP contribution in [0.1, 0.15) is 30.4 Å². The SMILES string of the molecule is COCCS(=O)c1sc2nc(-c3cc(=O)n(C)cn3)c3c(c2c1N)C(C)CC3. The largest absolute Gasteiger partial charge is 0.396 e. The highest BCUT2D eigenvalue weighted by atomic mass is 32.2. The molecular weight excluding hydrogens is 396 g/mol. The fourth-order valence-electron chi connectivity index (χ4n) is 3.72. The van der Waals surface area contributed by atoms with E-state index in [-0.39, 0.29) is 5.56 Å². The summed E-state index contributed by atoms with van der Waals surface area (Å²) in [5, 5.41) is 0.915. The van der Waals surface area contributed by atoms with E-state index in [0.717, 1.165) is 39.9 Å². The van der Waals surface area contributed by atoms with Gasteiger partial charge in [0.2, 0.25) is 0 Å². The average Bonchev–Trinajstić information content (AvgIpc) is 3.22. The number of aromatic nitrogens is 3. The number of nitrogens with zero attached hydrogens (tertiary/aromatic N) is 3. The molecule has 4 rings (SSSR count). The van der Waals surface area contributed by atoms with E-state index in [1.165, 1.54) is 28.3 Å². The Hall–Kier alpha value is -2.10. The molecular formula is C19H22N4O3S2. The molecule has 0 spiro atoms. The maximum atomic E-state index is 12.7. The molecule has 28 heavy (non-hydrogen) atoms. The molecule has 3 heterocycles. The zero-order valence-electron chi connectivity index (χ0n) is 16.0. The Bertz CT molecular complexity index is 1150. The second-order valence-electron chi connectivity index (χ2n) is 7.04. The summed E-state index contributed by atoms with van der Waals surface area (Å²) in [7, 11) is 2.03. The summed E-state index contributed by atoms with van der Waals surface area (Å²) in [6.07, 6.45) is 3.37. The molecule has 148 valence electrons. The van der Waals surface area contributed by atoms with Crippen molar-refractivity contribution in [3.8, 4) is 11.4 Å². The van der Waals surface area contributed by atoms with Gasteiger partial charge in [0, 0.05) is 25.6 Å². The first-order valence-electron chi connectivity index (χ1n) is 9.07. The third-order valence-corrected chi connectivity index (χ3v) is 8.08. The Labute approximate surface area is 169 Å². The molecule has 0 aliphatic heterocycles. The lowest BCUT2D eigenvalue weighted by atomic mass is 9.98. The summed E-state index contributed by atoms with van der Waals surface area (Å²) in [4.78, 5) is 22.1. The number of rotatable bonds is 5. The van der Waals surface area contributed by atoms with Gasteiger partial charge in [-0.2, -0.15) is 0 Å². The van der Waals surface area contributed by atoms with Crippen LogP contribution in [0.2, 0.25) is 0 Å². The Kier molecular flexibility index (Phi) is 5.07. The number of fused-ring (bicyclic) bond motifs is 3. The molecule has 2 N–H and O–H groups in total. The van der Waals surface area contributed by atoms with Crippen molar-refractivity contribution in [2.75, 3.05) is 25.2 Å². The molecule has 1 aliphatic carbocycles. The number of thiophene rings is 1. The van der Waals surface area contributed by atoms with E-state index in [1.807, 2.05) is 0 Å². The lowest BCUT2D eigenvalue weighted by molar-refractivity contribution is 0.218. The Morgan fingerprint density at radius 2 is 2.25 bits per heavy atom. The van der Waals surface area contributed by atoms with Crippen molar-refractivity contribution in [2.24, 2.45) is 7.05 Å². The molecule has 0 amide bonds. The molecule has 7 nitrogen and oxygen atoms in total. The van der Waals surface area contributed by atoms with Crippen molar-refractivity contribution >= 4 is 38.0 Å². The van der Waals surface area contributed by atoms with Crippen molar-refractivity contribution < 1.29 is 8.95 Å². The number of nitrogen functional groups attached to an aromatic ring is 1. The summed E-state index contributed by atoms with van der Waals surface area (Å²) in [6.45, 7) is 2.58. The van der Waals surface area contributed by atoms with Crippen molar-refractivity contribution in [1.82, 2.24) is 14.5 Å². The van der Waals surface area contributed by atoms with E-state index in [0.29, 0.717) is 33.9 Å². The first-order chi connectivity index (χ1) is 13.4. The van der Waals surface area contributed by atoms with Gasteiger partial charge in [0.15, 0.2) is 0 Å².